The summed E-state index contributed by atoms with van der Waals surface area (Å²) >= 11 is 0. The van der Waals surface area contributed by atoms with Crippen molar-refractivity contribution in [2.75, 3.05) is 58.4 Å². The predicted octanol–water partition coefficient (Wildman–Crippen LogP) is 3.33. The van der Waals surface area contributed by atoms with Crippen LogP contribution in [-0.2, 0) is 30.7 Å². The highest BCUT2D eigenvalue weighted by atomic mass is 32.2. The summed E-state index contributed by atoms with van der Waals surface area (Å²) in [7, 11) is -3.83. The smallest absolute Gasteiger partial charge is 0.266 e. The van der Waals surface area contributed by atoms with E-state index >= 15 is 0 Å². The van der Waals surface area contributed by atoms with Gasteiger partial charge in [-0.15, -0.1) is 0 Å². The van der Waals surface area contributed by atoms with E-state index in [0.717, 1.165) is 13.1 Å². The van der Waals surface area contributed by atoms with Gasteiger partial charge in [0.05, 0.1) is 37.0 Å². The van der Waals surface area contributed by atoms with Crippen LogP contribution in [-0.4, -0.2) is 94.1 Å². The molecular formula is C34H41N7O7S. The lowest BCUT2D eigenvalue weighted by molar-refractivity contribution is -0.130. The number of hydrazine groups is 1. The molecule has 1 amide bonds. The maximum absolute atomic E-state index is 14.4. The van der Waals surface area contributed by atoms with Gasteiger partial charge in [0, 0.05) is 56.1 Å². The number of rotatable bonds is 17. The summed E-state index contributed by atoms with van der Waals surface area (Å²) in [6.07, 6.45) is -0.799. The fourth-order valence-electron chi connectivity index (χ4n) is 5.71. The van der Waals surface area contributed by atoms with Gasteiger partial charge < -0.3 is 19.3 Å². The number of hydrogen-bond acceptors (Lipinski definition) is 11. The molecule has 3 aromatic carbocycles. The quantitative estimate of drug-likeness (QED) is 0.0627. The molecule has 0 aromatic heterocycles. The van der Waals surface area contributed by atoms with Gasteiger partial charge in [-0.25, -0.2) is 18.8 Å². The largest absolute Gasteiger partial charge is 0.494 e. The highest BCUT2D eigenvalue weighted by Gasteiger charge is 2.54. The Balaban J connectivity index is 1.51. The number of nitrogens with zero attached hydrogens (tertiary/aromatic N) is 5. The minimum atomic E-state index is -3.83. The van der Waals surface area contributed by atoms with Gasteiger partial charge in [-0.05, 0) is 53.1 Å². The van der Waals surface area contributed by atoms with Crippen molar-refractivity contribution in [3.05, 3.63) is 106 Å². The molecule has 49 heavy (non-hydrogen) atoms. The van der Waals surface area contributed by atoms with E-state index in [9.17, 15) is 13.2 Å². The summed E-state index contributed by atoms with van der Waals surface area (Å²) < 4.78 is 44.8. The second-order valence-electron chi connectivity index (χ2n) is 11.6. The standard InChI is InChI=1S/C34H41N7O7S/c35-40-37-25-27-7-4-5-10-30(27)31-34(15-24-49(44,45)29-8-2-1-3-9-29,33(43)39-36-16-17-41-18-22-46-23-19-41)38-32(48-31)26-11-13-28(14-12-26)47-21-6-20-42/h1-5,7-14,31,36,42H,6,15-25H2,(H,39,43)/t31-,34-/m0/s1. The first kappa shape index (κ1) is 35.8. The molecule has 0 radical (unpaired) electrons. The number of hydrogen-bond donors (Lipinski definition) is 3. The van der Waals surface area contributed by atoms with E-state index in [0.29, 0.717) is 61.8 Å². The van der Waals surface area contributed by atoms with Gasteiger partial charge in [-0.2, -0.15) is 0 Å². The average molecular weight is 692 g/mol. The van der Waals surface area contributed by atoms with Crippen LogP contribution < -0.4 is 15.6 Å². The molecule has 3 N–H and O–H groups in total. The summed E-state index contributed by atoms with van der Waals surface area (Å²) in [5.74, 6) is -0.244. The Bertz CT molecular complexity index is 1730. The van der Waals surface area contributed by atoms with Crippen molar-refractivity contribution in [3.8, 4) is 5.75 Å². The van der Waals surface area contributed by atoms with Crippen LogP contribution in [0.4, 0.5) is 0 Å². The molecular weight excluding hydrogens is 650 g/mol. The predicted molar refractivity (Wildman–Crippen MR) is 183 cm³/mol. The van der Waals surface area contributed by atoms with Crippen LogP contribution in [0.25, 0.3) is 10.4 Å². The third-order valence-corrected chi connectivity index (χ3v) is 10.1. The van der Waals surface area contributed by atoms with Crippen molar-refractivity contribution >= 4 is 21.6 Å². The number of carbonyl (C=O) groups is 1. The van der Waals surface area contributed by atoms with Crippen molar-refractivity contribution in [1.29, 1.82) is 0 Å². The fourth-order valence-corrected chi connectivity index (χ4v) is 7.10. The Morgan fingerprint density at radius 1 is 1.08 bits per heavy atom. The summed E-state index contributed by atoms with van der Waals surface area (Å²) in [6.45, 7) is 4.29. The first-order valence-corrected chi connectivity index (χ1v) is 17.8. The number of sulfone groups is 1. The van der Waals surface area contributed by atoms with E-state index in [1.807, 2.05) is 0 Å². The number of nitrogens with one attached hydrogen (secondary N) is 2. The maximum Gasteiger partial charge on any atom is 0.266 e. The Morgan fingerprint density at radius 2 is 1.82 bits per heavy atom. The monoisotopic (exact) mass is 691 g/mol. The van der Waals surface area contributed by atoms with Crippen LogP contribution in [0.2, 0.25) is 0 Å². The van der Waals surface area contributed by atoms with E-state index in [2.05, 4.69) is 25.8 Å². The first-order valence-electron chi connectivity index (χ1n) is 16.2. The molecule has 2 heterocycles. The molecule has 1 fully saturated rings. The van der Waals surface area contributed by atoms with Gasteiger partial charge in [0.2, 0.25) is 5.90 Å². The Labute approximate surface area is 285 Å². The van der Waals surface area contributed by atoms with Crippen LogP contribution in [0.1, 0.15) is 35.6 Å². The SMILES string of the molecule is [N-]=[N+]=NCc1ccccc1[C@@H]1OC(c2ccc(OCCCO)cc2)=N[C@]1(CCS(=O)(=O)c1ccccc1)C(=O)NNCCN1CCOCC1. The van der Waals surface area contributed by atoms with E-state index in [-0.39, 0.29) is 30.4 Å². The third kappa shape index (κ3) is 9.15. The van der Waals surface area contributed by atoms with E-state index < -0.39 is 33.1 Å². The van der Waals surface area contributed by atoms with E-state index in [1.165, 1.54) is 12.1 Å². The van der Waals surface area contributed by atoms with Crippen LogP contribution in [0.3, 0.4) is 0 Å². The first-order chi connectivity index (χ1) is 23.9. The van der Waals surface area contributed by atoms with Crippen molar-refractivity contribution < 1.29 is 32.5 Å². The third-order valence-electron chi connectivity index (χ3n) is 8.38. The average Bonchev–Trinajstić information content (AvgIpc) is 3.54. The molecule has 0 saturated carbocycles. The van der Waals surface area contributed by atoms with Crippen LogP contribution in [0, 0.1) is 0 Å². The zero-order valence-corrected chi connectivity index (χ0v) is 27.9. The van der Waals surface area contributed by atoms with Crippen LogP contribution in [0.15, 0.2) is 93.9 Å². The lowest BCUT2D eigenvalue weighted by atomic mass is 9.83. The highest BCUT2D eigenvalue weighted by Crippen LogP contribution is 2.44. The number of benzene rings is 3. The van der Waals surface area contributed by atoms with Gasteiger partial charge in [0.1, 0.15) is 5.75 Å². The van der Waals surface area contributed by atoms with Gasteiger partial charge >= 0.3 is 0 Å². The molecule has 3 aromatic rings. The van der Waals surface area contributed by atoms with Gasteiger partial charge in [-0.3, -0.25) is 15.1 Å². The summed E-state index contributed by atoms with van der Waals surface area (Å²) in [5.41, 5.74) is 14.9. The number of aliphatic imine (C=N–C) groups is 1. The zero-order chi connectivity index (χ0) is 34.5. The Kier molecular flexibility index (Phi) is 12.6. The lowest BCUT2D eigenvalue weighted by Crippen LogP contribution is -2.54. The number of carbonyl (C=O) groups excluding carboxylic acids is 1. The number of azide groups is 1. The molecule has 0 aliphatic carbocycles. The Hall–Kier alpha value is -4.50. The number of aliphatic hydroxyl groups is 1. The number of ether oxygens (including phenoxy) is 3. The molecule has 1 saturated heterocycles. The molecule has 0 spiro atoms. The van der Waals surface area contributed by atoms with Gasteiger partial charge in [0.25, 0.3) is 5.91 Å². The minimum absolute atomic E-state index is 0.0114. The minimum Gasteiger partial charge on any atom is -0.494 e. The van der Waals surface area contributed by atoms with Crippen LogP contribution in [0.5, 0.6) is 5.75 Å². The van der Waals surface area contributed by atoms with Crippen molar-refractivity contribution in [2.24, 2.45) is 10.1 Å². The molecule has 0 unspecified atom stereocenters. The molecule has 15 heteroatoms. The summed E-state index contributed by atoms with van der Waals surface area (Å²) in [6, 6.07) is 22.1. The van der Waals surface area contributed by atoms with E-state index in [1.54, 1.807) is 66.7 Å². The normalized spacial score (nSPS) is 19.4. The Morgan fingerprint density at radius 3 is 2.55 bits per heavy atom. The molecule has 14 nitrogen and oxygen atoms in total. The van der Waals surface area contributed by atoms with Crippen LogP contribution >= 0.6 is 0 Å². The number of amides is 1. The van der Waals surface area contributed by atoms with E-state index in [4.69, 9.17) is 29.8 Å². The summed E-state index contributed by atoms with van der Waals surface area (Å²) in [5, 5.41) is 12.8. The van der Waals surface area contributed by atoms with Crippen molar-refractivity contribution in [1.82, 2.24) is 15.8 Å². The van der Waals surface area contributed by atoms with Crippen molar-refractivity contribution in [2.45, 2.75) is 35.9 Å². The van der Waals surface area contributed by atoms with Gasteiger partial charge in [0.15, 0.2) is 21.5 Å². The highest BCUT2D eigenvalue weighted by molar-refractivity contribution is 7.91. The number of aliphatic hydroxyl groups excluding tert-OH is 1. The van der Waals surface area contributed by atoms with Gasteiger partial charge in [-0.1, -0.05) is 47.6 Å². The molecule has 2 aliphatic rings. The lowest BCUT2D eigenvalue weighted by Gasteiger charge is -2.32. The molecule has 5 rings (SSSR count). The molecule has 2 aliphatic heterocycles. The molecule has 2 atom stereocenters. The second kappa shape index (κ2) is 17.2. The zero-order valence-electron chi connectivity index (χ0n) is 27.1. The fraction of sp³-hybridized carbons (Fsp3) is 0.412. The topological polar surface area (TPSA) is 188 Å². The van der Waals surface area contributed by atoms with Crippen molar-refractivity contribution in [3.63, 3.8) is 0 Å². The molecule has 260 valence electrons. The maximum atomic E-state index is 14.4. The number of morpholine rings is 1. The molecule has 0 bridgehead atoms. The summed E-state index contributed by atoms with van der Waals surface area (Å²) in [4.78, 5) is 24.6. The second-order valence-corrected chi connectivity index (χ2v) is 13.7.